The molecule has 0 amide bonds. The molecule has 5 heteroatoms. The van der Waals surface area contributed by atoms with Crippen molar-refractivity contribution in [2.75, 3.05) is 12.4 Å². The molecule has 1 N–H and O–H groups in total. The molecule has 2 aromatic heterocycles. The molecule has 0 aromatic carbocycles. The molecule has 0 radical (unpaired) electrons. The summed E-state index contributed by atoms with van der Waals surface area (Å²) in [6.07, 6.45) is 0.118. The minimum Gasteiger partial charge on any atom is -0.474 e. The first-order chi connectivity index (χ1) is 7.20. The summed E-state index contributed by atoms with van der Waals surface area (Å²) in [5.74, 6) is 1.25. The fraction of sp³-hybridized carbons (Fsp3) is 0.400. The first-order valence-electron chi connectivity index (χ1n) is 4.80. The predicted octanol–water partition coefficient (Wildman–Crippen LogP) is 2.52. The standard InChI is InChI=1S/C10H13N3OS/c1-6(2)14-8-7-4-5-15-9(7)13-10(11-3)12-8/h4-6H,1-3H3,(H,11,12,13). The lowest BCUT2D eigenvalue weighted by Crippen LogP contribution is -2.08. The number of aromatic nitrogens is 2. The van der Waals surface area contributed by atoms with Crippen LogP contribution in [0.1, 0.15) is 13.8 Å². The summed E-state index contributed by atoms with van der Waals surface area (Å²) in [5, 5.41) is 5.90. The van der Waals surface area contributed by atoms with Gasteiger partial charge in [0.1, 0.15) is 4.83 Å². The van der Waals surface area contributed by atoms with Crippen molar-refractivity contribution in [2.45, 2.75) is 20.0 Å². The topological polar surface area (TPSA) is 47.0 Å². The van der Waals surface area contributed by atoms with E-state index in [9.17, 15) is 0 Å². The number of nitrogens with zero attached hydrogens (tertiary/aromatic N) is 2. The molecule has 4 nitrogen and oxygen atoms in total. The van der Waals surface area contributed by atoms with Gasteiger partial charge in [0.05, 0.1) is 11.5 Å². The number of fused-ring (bicyclic) bond motifs is 1. The fourth-order valence-corrected chi connectivity index (χ4v) is 2.01. The van der Waals surface area contributed by atoms with Gasteiger partial charge in [-0.3, -0.25) is 0 Å². The molecule has 2 heterocycles. The van der Waals surface area contributed by atoms with Crippen molar-refractivity contribution >= 4 is 27.5 Å². The molecule has 0 bridgehead atoms. The second-order valence-corrected chi connectivity index (χ2v) is 4.30. The zero-order valence-electron chi connectivity index (χ0n) is 8.94. The Hall–Kier alpha value is -1.36. The highest BCUT2D eigenvalue weighted by molar-refractivity contribution is 7.16. The molecule has 0 spiro atoms. The molecular weight excluding hydrogens is 210 g/mol. The lowest BCUT2D eigenvalue weighted by molar-refractivity contribution is 0.236. The number of ether oxygens (including phenoxy) is 1. The number of hydrogen-bond donors (Lipinski definition) is 1. The van der Waals surface area contributed by atoms with E-state index >= 15 is 0 Å². The maximum absolute atomic E-state index is 5.64. The van der Waals surface area contributed by atoms with Gasteiger partial charge in [0.15, 0.2) is 0 Å². The first kappa shape index (κ1) is 10.2. The number of rotatable bonds is 3. The Balaban J connectivity index is 2.53. The van der Waals surface area contributed by atoms with E-state index < -0.39 is 0 Å². The second-order valence-electron chi connectivity index (χ2n) is 3.41. The van der Waals surface area contributed by atoms with Crippen LogP contribution in [0.3, 0.4) is 0 Å². The van der Waals surface area contributed by atoms with Crippen molar-refractivity contribution in [3.63, 3.8) is 0 Å². The molecule has 0 aliphatic heterocycles. The summed E-state index contributed by atoms with van der Waals surface area (Å²) in [4.78, 5) is 9.58. The molecule has 0 fully saturated rings. The van der Waals surface area contributed by atoms with Crippen molar-refractivity contribution in [3.05, 3.63) is 11.4 Å². The summed E-state index contributed by atoms with van der Waals surface area (Å²) in [6, 6.07) is 1.98. The van der Waals surface area contributed by atoms with Crippen LogP contribution in [-0.4, -0.2) is 23.1 Å². The molecular formula is C10H13N3OS. The fourth-order valence-electron chi connectivity index (χ4n) is 1.25. The largest absolute Gasteiger partial charge is 0.474 e. The van der Waals surface area contributed by atoms with E-state index in [4.69, 9.17) is 4.74 Å². The van der Waals surface area contributed by atoms with E-state index in [1.807, 2.05) is 25.3 Å². The van der Waals surface area contributed by atoms with Crippen molar-refractivity contribution in [3.8, 4) is 5.88 Å². The van der Waals surface area contributed by atoms with E-state index in [-0.39, 0.29) is 6.10 Å². The molecule has 2 aromatic rings. The molecule has 15 heavy (non-hydrogen) atoms. The van der Waals surface area contributed by atoms with E-state index in [1.54, 1.807) is 18.4 Å². The van der Waals surface area contributed by atoms with E-state index in [0.717, 1.165) is 10.2 Å². The monoisotopic (exact) mass is 223 g/mol. The van der Waals surface area contributed by atoms with Crippen molar-refractivity contribution in [1.82, 2.24) is 9.97 Å². The average molecular weight is 223 g/mol. The zero-order chi connectivity index (χ0) is 10.8. The predicted molar refractivity (Wildman–Crippen MR) is 62.7 cm³/mol. The van der Waals surface area contributed by atoms with Crippen LogP contribution < -0.4 is 10.1 Å². The van der Waals surface area contributed by atoms with Crippen molar-refractivity contribution in [2.24, 2.45) is 0 Å². The summed E-state index contributed by atoms with van der Waals surface area (Å²) in [5.41, 5.74) is 0. The van der Waals surface area contributed by atoms with Crippen LogP contribution in [0.4, 0.5) is 5.95 Å². The van der Waals surface area contributed by atoms with Crippen molar-refractivity contribution in [1.29, 1.82) is 0 Å². The molecule has 0 atom stereocenters. The summed E-state index contributed by atoms with van der Waals surface area (Å²) in [6.45, 7) is 3.97. The maximum atomic E-state index is 5.64. The lowest BCUT2D eigenvalue weighted by atomic mass is 10.4. The Morgan fingerprint density at radius 1 is 1.40 bits per heavy atom. The number of nitrogens with one attached hydrogen (secondary N) is 1. The van der Waals surface area contributed by atoms with Gasteiger partial charge in [0, 0.05) is 7.05 Å². The summed E-state index contributed by atoms with van der Waals surface area (Å²) < 4.78 is 5.64. The Bertz CT molecular complexity index is 467. The first-order valence-corrected chi connectivity index (χ1v) is 5.68. The summed E-state index contributed by atoms with van der Waals surface area (Å²) in [7, 11) is 1.80. The third-order valence-electron chi connectivity index (χ3n) is 1.86. The minimum absolute atomic E-state index is 0.118. The SMILES string of the molecule is CNc1nc(OC(C)C)c2ccsc2n1. The van der Waals surface area contributed by atoms with Gasteiger partial charge in [-0.25, -0.2) is 4.98 Å². The highest BCUT2D eigenvalue weighted by atomic mass is 32.1. The van der Waals surface area contributed by atoms with Crippen LogP contribution in [0.25, 0.3) is 10.2 Å². The van der Waals surface area contributed by atoms with Gasteiger partial charge < -0.3 is 10.1 Å². The van der Waals surface area contributed by atoms with Gasteiger partial charge in [-0.1, -0.05) is 0 Å². The van der Waals surface area contributed by atoms with Gasteiger partial charge in [-0.2, -0.15) is 4.98 Å². The number of thiophene rings is 1. The maximum Gasteiger partial charge on any atom is 0.227 e. The molecule has 2 rings (SSSR count). The Kier molecular flexibility index (Phi) is 2.73. The van der Waals surface area contributed by atoms with Crippen molar-refractivity contribution < 1.29 is 4.74 Å². The van der Waals surface area contributed by atoms with Crippen LogP contribution in [0.2, 0.25) is 0 Å². The molecule has 0 aliphatic carbocycles. The van der Waals surface area contributed by atoms with Gasteiger partial charge in [-0.05, 0) is 25.3 Å². The van der Waals surface area contributed by atoms with E-state index in [1.165, 1.54) is 0 Å². The van der Waals surface area contributed by atoms with Gasteiger partial charge in [0.25, 0.3) is 0 Å². The lowest BCUT2D eigenvalue weighted by Gasteiger charge is -2.10. The number of anilines is 1. The van der Waals surface area contributed by atoms with Gasteiger partial charge >= 0.3 is 0 Å². The highest BCUT2D eigenvalue weighted by Crippen LogP contribution is 2.28. The van der Waals surface area contributed by atoms with E-state index in [0.29, 0.717) is 11.8 Å². The van der Waals surface area contributed by atoms with Gasteiger partial charge in [0.2, 0.25) is 11.8 Å². The smallest absolute Gasteiger partial charge is 0.227 e. The zero-order valence-corrected chi connectivity index (χ0v) is 9.76. The Morgan fingerprint density at radius 2 is 2.20 bits per heavy atom. The third kappa shape index (κ3) is 2.02. The van der Waals surface area contributed by atoms with Crippen LogP contribution in [0.5, 0.6) is 5.88 Å². The summed E-state index contributed by atoms with van der Waals surface area (Å²) >= 11 is 1.59. The van der Waals surface area contributed by atoms with Crippen LogP contribution >= 0.6 is 11.3 Å². The Morgan fingerprint density at radius 3 is 2.87 bits per heavy atom. The highest BCUT2D eigenvalue weighted by Gasteiger charge is 2.10. The normalized spacial score (nSPS) is 10.9. The molecule has 0 saturated carbocycles. The molecule has 80 valence electrons. The molecule has 0 aliphatic rings. The third-order valence-corrected chi connectivity index (χ3v) is 2.67. The van der Waals surface area contributed by atoms with Crippen LogP contribution in [0, 0.1) is 0 Å². The average Bonchev–Trinajstić information content (AvgIpc) is 2.64. The Labute approximate surface area is 92.3 Å². The number of hydrogen-bond acceptors (Lipinski definition) is 5. The second kappa shape index (κ2) is 4.02. The van der Waals surface area contributed by atoms with Gasteiger partial charge in [-0.15, -0.1) is 11.3 Å². The van der Waals surface area contributed by atoms with Crippen LogP contribution in [-0.2, 0) is 0 Å². The quantitative estimate of drug-likeness (QED) is 0.868. The molecule has 0 saturated heterocycles. The molecule has 0 unspecified atom stereocenters. The minimum atomic E-state index is 0.118. The van der Waals surface area contributed by atoms with Crippen LogP contribution in [0.15, 0.2) is 11.4 Å². The van der Waals surface area contributed by atoms with E-state index in [2.05, 4.69) is 15.3 Å².